The molecule has 0 atom stereocenters. The third-order valence-corrected chi connectivity index (χ3v) is 5.12. The lowest BCUT2D eigenvalue weighted by atomic mass is 10.3. The van der Waals surface area contributed by atoms with Gasteiger partial charge in [-0.25, -0.2) is 0 Å². The molecule has 5 heteroatoms. The van der Waals surface area contributed by atoms with Gasteiger partial charge < -0.3 is 20.9 Å². The van der Waals surface area contributed by atoms with Gasteiger partial charge >= 0.3 is 0 Å². The largest absolute Gasteiger partial charge is 0.455 e. The van der Waals surface area contributed by atoms with Crippen LogP contribution in [0, 0.1) is 0 Å². The maximum Gasteiger partial charge on any atom is 0.150 e. The van der Waals surface area contributed by atoms with Crippen LogP contribution in [0.1, 0.15) is 0 Å². The first-order valence-electron chi connectivity index (χ1n) is 9.10. The van der Waals surface area contributed by atoms with E-state index in [2.05, 4.69) is 0 Å². The van der Waals surface area contributed by atoms with E-state index < -0.39 is 0 Å². The van der Waals surface area contributed by atoms with Gasteiger partial charge in [-0.1, -0.05) is 48.2 Å². The molecule has 0 aliphatic rings. The van der Waals surface area contributed by atoms with Crippen LogP contribution < -0.4 is 20.9 Å². The van der Waals surface area contributed by atoms with E-state index in [0.717, 1.165) is 21.3 Å². The molecule has 0 fully saturated rings. The van der Waals surface area contributed by atoms with E-state index in [0.29, 0.717) is 22.9 Å². The van der Waals surface area contributed by atoms with Gasteiger partial charge in [-0.3, -0.25) is 0 Å². The quantitative estimate of drug-likeness (QED) is 0.357. The number of rotatable bonds is 6. The molecule has 0 amide bonds. The Morgan fingerprint density at radius 2 is 0.966 bits per heavy atom. The van der Waals surface area contributed by atoms with Crippen molar-refractivity contribution in [3.63, 3.8) is 0 Å². The maximum absolute atomic E-state index is 5.97. The molecule has 144 valence electrons. The van der Waals surface area contributed by atoms with E-state index in [1.54, 1.807) is 11.8 Å². The molecule has 0 aliphatic carbocycles. The molecule has 0 heterocycles. The monoisotopic (exact) mass is 400 g/mol. The summed E-state index contributed by atoms with van der Waals surface area (Å²) in [5.74, 6) is 2.76. The molecule has 0 saturated carbocycles. The van der Waals surface area contributed by atoms with Crippen molar-refractivity contribution >= 4 is 23.1 Å². The maximum atomic E-state index is 5.97. The van der Waals surface area contributed by atoms with Crippen molar-refractivity contribution in [3.8, 4) is 23.0 Å². The van der Waals surface area contributed by atoms with E-state index in [4.69, 9.17) is 20.9 Å². The Hall–Kier alpha value is -3.57. The van der Waals surface area contributed by atoms with Crippen molar-refractivity contribution in [1.82, 2.24) is 0 Å². The second-order valence-corrected chi connectivity index (χ2v) is 7.48. The highest BCUT2D eigenvalue weighted by atomic mass is 32.2. The number of nitrogens with two attached hydrogens (primary N) is 2. The normalized spacial score (nSPS) is 10.5. The summed E-state index contributed by atoms with van der Waals surface area (Å²) in [5, 5.41) is 0. The van der Waals surface area contributed by atoms with Crippen LogP contribution in [0.4, 0.5) is 11.4 Å². The number of hydrogen-bond donors (Lipinski definition) is 2. The molecule has 0 aliphatic heterocycles. The first kappa shape index (κ1) is 18.8. The molecule has 0 saturated heterocycles. The molecule has 4 N–H and O–H groups in total. The summed E-state index contributed by atoms with van der Waals surface area (Å²) in [6.07, 6.45) is 0. The van der Waals surface area contributed by atoms with Gasteiger partial charge in [0.1, 0.15) is 23.0 Å². The van der Waals surface area contributed by atoms with Crippen molar-refractivity contribution in [1.29, 1.82) is 0 Å². The van der Waals surface area contributed by atoms with Gasteiger partial charge in [0.15, 0.2) is 0 Å². The zero-order valence-corrected chi connectivity index (χ0v) is 16.4. The third-order valence-electron chi connectivity index (χ3n) is 4.14. The summed E-state index contributed by atoms with van der Waals surface area (Å²) < 4.78 is 11.9. The fourth-order valence-corrected chi connectivity index (χ4v) is 3.65. The molecule has 0 spiro atoms. The average molecular weight is 401 g/mol. The van der Waals surface area contributed by atoms with Crippen LogP contribution >= 0.6 is 11.8 Å². The minimum atomic E-state index is 0.607. The molecule has 4 aromatic rings. The van der Waals surface area contributed by atoms with Crippen LogP contribution in [0.25, 0.3) is 0 Å². The van der Waals surface area contributed by atoms with Crippen molar-refractivity contribution in [2.75, 3.05) is 11.5 Å². The van der Waals surface area contributed by atoms with E-state index in [1.165, 1.54) is 0 Å². The Morgan fingerprint density at radius 1 is 0.517 bits per heavy atom. The van der Waals surface area contributed by atoms with Crippen molar-refractivity contribution < 1.29 is 9.47 Å². The summed E-state index contributed by atoms with van der Waals surface area (Å²) in [6.45, 7) is 0. The number of hydrogen-bond acceptors (Lipinski definition) is 5. The van der Waals surface area contributed by atoms with Crippen LogP contribution in [0.3, 0.4) is 0 Å². The van der Waals surface area contributed by atoms with Gasteiger partial charge in [-0.15, -0.1) is 0 Å². The third kappa shape index (κ3) is 4.83. The fraction of sp³-hybridized carbons (Fsp3) is 0. The summed E-state index contributed by atoms with van der Waals surface area (Å²) in [7, 11) is 0. The highest BCUT2D eigenvalue weighted by Gasteiger charge is 2.06. The van der Waals surface area contributed by atoms with Gasteiger partial charge in [0.25, 0.3) is 0 Å². The minimum absolute atomic E-state index is 0.607. The summed E-state index contributed by atoms with van der Waals surface area (Å²) >= 11 is 1.62. The van der Waals surface area contributed by atoms with Crippen molar-refractivity contribution in [2.24, 2.45) is 0 Å². The lowest BCUT2D eigenvalue weighted by molar-refractivity contribution is 0.483. The van der Waals surface area contributed by atoms with Crippen LogP contribution in [-0.4, -0.2) is 0 Å². The zero-order chi connectivity index (χ0) is 20.1. The Labute approximate surface area is 174 Å². The van der Waals surface area contributed by atoms with Crippen LogP contribution in [0.5, 0.6) is 23.0 Å². The SMILES string of the molecule is Nc1ccccc1Oc1cccc(Sc2cccc(Oc3ccccc3N)c2)c1. The van der Waals surface area contributed by atoms with Crippen LogP contribution in [-0.2, 0) is 0 Å². The van der Waals surface area contributed by atoms with Crippen molar-refractivity contribution in [3.05, 3.63) is 97.1 Å². The first-order chi connectivity index (χ1) is 14.2. The van der Waals surface area contributed by atoms with Crippen LogP contribution in [0.15, 0.2) is 107 Å². The van der Waals surface area contributed by atoms with E-state index >= 15 is 0 Å². The second-order valence-electron chi connectivity index (χ2n) is 6.33. The molecule has 4 nitrogen and oxygen atoms in total. The Balaban J connectivity index is 1.50. The van der Waals surface area contributed by atoms with Gasteiger partial charge in [0.2, 0.25) is 0 Å². The number of nitrogen functional groups attached to an aromatic ring is 2. The molecule has 29 heavy (non-hydrogen) atoms. The molecular weight excluding hydrogens is 380 g/mol. The molecule has 0 bridgehead atoms. The average Bonchev–Trinajstić information content (AvgIpc) is 2.72. The second kappa shape index (κ2) is 8.63. The van der Waals surface area contributed by atoms with Gasteiger partial charge in [0, 0.05) is 9.79 Å². The zero-order valence-electron chi connectivity index (χ0n) is 15.6. The molecule has 4 aromatic carbocycles. The first-order valence-corrected chi connectivity index (χ1v) is 9.92. The van der Waals surface area contributed by atoms with Gasteiger partial charge in [-0.2, -0.15) is 0 Å². The molecule has 4 rings (SSSR count). The lowest BCUT2D eigenvalue weighted by Gasteiger charge is -2.11. The molecule has 0 aromatic heterocycles. The van der Waals surface area contributed by atoms with Gasteiger partial charge in [-0.05, 0) is 60.7 Å². The highest BCUT2D eigenvalue weighted by Crippen LogP contribution is 2.35. The summed E-state index contributed by atoms with van der Waals surface area (Å²) in [5.41, 5.74) is 13.1. The predicted octanol–water partition coefficient (Wildman–Crippen LogP) is 6.59. The molecule has 0 unspecified atom stereocenters. The molecule has 0 radical (unpaired) electrons. The minimum Gasteiger partial charge on any atom is -0.455 e. The summed E-state index contributed by atoms with van der Waals surface area (Å²) in [4.78, 5) is 2.10. The van der Waals surface area contributed by atoms with Gasteiger partial charge in [0.05, 0.1) is 11.4 Å². The number of anilines is 2. The smallest absolute Gasteiger partial charge is 0.150 e. The Bertz CT molecular complexity index is 1040. The molecular formula is C24H20N2O2S. The van der Waals surface area contributed by atoms with Crippen molar-refractivity contribution in [2.45, 2.75) is 9.79 Å². The van der Waals surface area contributed by atoms with E-state index in [-0.39, 0.29) is 0 Å². The number of ether oxygens (including phenoxy) is 2. The number of benzene rings is 4. The topological polar surface area (TPSA) is 70.5 Å². The Kier molecular flexibility index (Phi) is 5.59. The lowest BCUT2D eigenvalue weighted by Crippen LogP contribution is -1.91. The number of para-hydroxylation sites is 4. The fourth-order valence-electron chi connectivity index (χ4n) is 2.74. The predicted molar refractivity (Wildman–Crippen MR) is 119 cm³/mol. The van der Waals surface area contributed by atoms with E-state index in [9.17, 15) is 0 Å². The van der Waals surface area contributed by atoms with E-state index in [1.807, 2.05) is 97.1 Å². The van der Waals surface area contributed by atoms with Crippen LogP contribution in [0.2, 0.25) is 0 Å². The standard InChI is InChI=1S/C24H20N2O2S/c25-21-11-1-3-13-23(21)27-17-7-5-9-19(15-17)29-20-10-6-8-18(16-20)28-24-14-4-2-12-22(24)26/h1-16H,25-26H2. The summed E-state index contributed by atoms with van der Waals surface area (Å²) in [6, 6.07) is 30.7. The highest BCUT2D eigenvalue weighted by molar-refractivity contribution is 7.99. The Morgan fingerprint density at radius 3 is 1.41 bits per heavy atom.